The molecule has 1 saturated carbocycles. The van der Waals surface area contributed by atoms with Gasteiger partial charge in [-0.1, -0.05) is 0 Å². The number of hydrogen-bond acceptors (Lipinski definition) is 1. The second-order valence-corrected chi connectivity index (χ2v) is 6.21. The summed E-state index contributed by atoms with van der Waals surface area (Å²) in [6.45, 7) is 6.86. The first kappa shape index (κ1) is 9.11. The van der Waals surface area contributed by atoms with Crippen molar-refractivity contribution >= 4 is 23.2 Å². The average Bonchev–Trinajstić information content (AvgIpc) is 2.52. The molecule has 0 N–H and O–H groups in total. The van der Waals surface area contributed by atoms with Gasteiger partial charge in [-0.25, -0.2) is 0 Å². The van der Waals surface area contributed by atoms with Gasteiger partial charge >= 0.3 is 0 Å². The Kier molecular flexibility index (Phi) is 1.92. The second-order valence-electron chi connectivity index (χ2n) is 4.67. The normalized spacial score (nSPS) is 37.5. The third kappa shape index (κ3) is 1.47. The predicted octanol–water partition coefficient (Wildman–Crippen LogP) is 2.66. The van der Waals surface area contributed by atoms with Gasteiger partial charge in [-0.05, 0) is 26.7 Å². The van der Waals surface area contributed by atoms with Gasteiger partial charge in [0.2, 0.25) is 0 Å². The highest BCUT2D eigenvalue weighted by Gasteiger charge is 2.53. The molecule has 12 heavy (non-hydrogen) atoms. The zero-order valence-electron chi connectivity index (χ0n) is 7.61. The number of likely N-dealkylation sites (tertiary alicyclic amines) is 1. The molecule has 0 amide bonds. The summed E-state index contributed by atoms with van der Waals surface area (Å²) >= 11 is 11.9. The Morgan fingerprint density at radius 2 is 2.00 bits per heavy atom. The molecule has 0 bridgehead atoms. The molecule has 2 fully saturated rings. The van der Waals surface area contributed by atoms with Crippen molar-refractivity contribution in [2.75, 3.05) is 13.1 Å². The van der Waals surface area contributed by atoms with Crippen molar-refractivity contribution in [1.82, 2.24) is 4.90 Å². The van der Waals surface area contributed by atoms with Crippen LogP contribution in [0.1, 0.15) is 26.7 Å². The van der Waals surface area contributed by atoms with Crippen LogP contribution in [0.25, 0.3) is 0 Å². The quantitative estimate of drug-likeness (QED) is 0.630. The van der Waals surface area contributed by atoms with Crippen LogP contribution in [0.4, 0.5) is 0 Å². The lowest BCUT2D eigenvalue weighted by atomic mass is 9.89. The van der Waals surface area contributed by atoms with Crippen molar-refractivity contribution in [3.05, 3.63) is 0 Å². The topological polar surface area (TPSA) is 3.24 Å². The Morgan fingerprint density at radius 3 is 2.25 bits per heavy atom. The van der Waals surface area contributed by atoms with Gasteiger partial charge in [0, 0.05) is 24.5 Å². The van der Waals surface area contributed by atoms with Gasteiger partial charge in [0.1, 0.15) is 4.33 Å². The number of rotatable bonds is 2. The molecule has 1 heterocycles. The summed E-state index contributed by atoms with van der Waals surface area (Å²) in [5.41, 5.74) is 0.395. The molecule has 1 nitrogen and oxygen atoms in total. The minimum absolute atomic E-state index is 0.395. The number of halogens is 2. The monoisotopic (exact) mass is 207 g/mol. The van der Waals surface area contributed by atoms with Crippen molar-refractivity contribution in [3.63, 3.8) is 0 Å². The molecule has 1 atom stereocenters. The van der Waals surface area contributed by atoms with E-state index in [1.54, 1.807) is 0 Å². The summed E-state index contributed by atoms with van der Waals surface area (Å²) < 4.78 is -0.397. The van der Waals surface area contributed by atoms with E-state index in [4.69, 9.17) is 23.2 Å². The van der Waals surface area contributed by atoms with Gasteiger partial charge in [-0.3, -0.25) is 4.90 Å². The minimum atomic E-state index is -0.397. The Bertz CT molecular complexity index is 201. The lowest BCUT2D eigenvalue weighted by Gasteiger charge is -2.48. The van der Waals surface area contributed by atoms with Crippen molar-refractivity contribution < 1.29 is 0 Å². The third-order valence-corrected chi connectivity index (χ3v) is 4.17. The third-order valence-electron chi connectivity index (χ3n) is 3.25. The van der Waals surface area contributed by atoms with Gasteiger partial charge in [0.15, 0.2) is 0 Å². The molecule has 3 heteroatoms. The summed E-state index contributed by atoms with van der Waals surface area (Å²) in [6, 6.07) is 0. The highest BCUT2D eigenvalue weighted by atomic mass is 35.5. The van der Waals surface area contributed by atoms with Crippen LogP contribution >= 0.6 is 23.2 Å². The van der Waals surface area contributed by atoms with E-state index in [-0.39, 0.29) is 0 Å². The molecule has 1 unspecified atom stereocenters. The maximum atomic E-state index is 5.96. The van der Waals surface area contributed by atoms with Crippen LogP contribution in [-0.2, 0) is 0 Å². The van der Waals surface area contributed by atoms with E-state index in [0.29, 0.717) is 11.5 Å². The molecule has 0 radical (unpaired) electrons. The molecule has 2 rings (SSSR count). The van der Waals surface area contributed by atoms with E-state index in [2.05, 4.69) is 18.7 Å². The first-order chi connectivity index (χ1) is 5.42. The Hall–Kier alpha value is 0.540. The summed E-state index contributed by atoms with van der Waals surface area (Å²) in [5, 5.41) is 0. The molecule has 1 saturated heterocycles. The van der Waals surface area contributed by atoms with Gasteiger partial charge < -0.3 is 0 Å². The van der Waals surface area contributed by atoms with Crippen molar-refractivity contribution in [1.29, 1.82) is 0 Å². The summed E-state index contributed by atoms with van der Waals surface area (Å²) in [4.78, 5) is 2.48. The summed E-state index contributed by atoms with van der Waals surface area (Å²) in [7, 11) is 0. The largest absolute Gasteiger partial charge is 0.298 e. The highest BCUT2D eigenvalue weighted by molar-refractivity contribution is 6.50. The van der Waals surface area contributed by atoms with Crippen molar-refractivity contribution in [2.24, 2.45) is 5.92 Å². The van der Waals surface area contributed by atoms with Crippen LogP contribution < -0.4 is 0 Å². The number of alkyl halides is 2. The van der Waals surface area contributed by atoms with Crippen LogP contribution in [0, 0.1) is 5.92 Å². The van der Waals surface area contributed by atoms with E-state index in [1.807, 2.05) is 0 Å². The summed E-state index contributed by atoms with van der Waals surface area (Å²) in [5.74, 6) is 0.514. The molecule has 1 aliphatic carbocycles. The fourth-order valence-electron chi connectivity index (χ4n) is 1.79. The number of nitrogens with zero attached hydrogens (tertiary/aromatic N) is 1. The van der Waals surface area contributed by atoms with E-state index in [0.717, 1.165) is 13.0 Å². The van der Waals surface area contributed by atoms with Gasteiger partial charge in [-0.2, -0.15) is 0 Å². The zero-order valence-corrected chi connectivity index (χ0v) is 9.12. The molecule has 70 valence electrons. The van der Waals surface area contributed by atoms with Gasteiger partial charge in [0.25, 0.3) is 0 Å². The molecule has 0 spiro atoms. The maximum absolute atomic E-state index is 5.96. The predicted molar refractivity (Wildman–Crippen MR) is 52.8 cm³/mol. The molecular formula is C9H15Cl2N. The van der Waals surface area contributed by atoms with Crippen LogP contribution in [0.15, 0.2) is 0 Å². The zero-order chi connectivity index (χ0) is 8.98. The second kappa shape index (κ2) is 2.52. The average molecular weight is 208 g/mol. The molecule has 0 aromatic heterocycles. The number of hydrogen-bond donors (Lipinski definition) is 0. The van der Waals surface area contributed by atoms with Crippen molar-refractivity contribution in [2.45, 2.75) is 36.6 Å². The fourth-order valence-corrected chi connectivity index (χ4v) is 2.30. The lowest BCUT2D eigenvalue weighted by Crippen LogP contribution is -2.56. The Labute approximate surface area is 84.0 Å². The van der Waals surface area contributed by atoms with Crippen LogP contribution in [0.3, 0.4) is 0 Å². The van der Waals surface area contributed by atoms with Crippen molar-refractivity contribution in [3.8, 4) is 0 Å². The Morgan fingerprint density at radius 1 is 1.42 bits per heavy atom. The maximum Gasteiger partial charge on any atom is 0.122 e. The van der Waals surface area contributed by atoms with E-state index < -0.39 is 4.33 Å². The smallest absolute Gasteiger partial charge is 0.122 e. The Balaban J connectivity index is 1.82. The van der Waals surface area contributed by atoms with Crippen LogP contribution in [-0.4, -0.2) is 27.9 Å². The molecule has 2 aliphatic rings. The SMILES string of the molecule is CC1(C)CCN1CC1CC1(Cl)Cl. The van der Waals surface area contributed by atoms with E-state index in [9.17, 15) is 0 Å². The first-order valence-corrected chi connectivity index (χ1v) is 5.30. The van der Waals surface area contributed by atoms with Crippen LogP contribution in [0.2, 0.25) is 0 Å². The van der Waals surface area contributed by atoms with Crippen LogP contribution in [0.5, 0.6) is 0 Å². The summed E-state index contributed by atoms with van der Waals surface area (Å²) in [6.07, 6.45) is 2.28. The lowest BCUT2D eigenvalue weighted by molar-refractivity contribution is 0.0116. The van der Waals surface area contributed by atoms with Gasteiger partial charge in [-0.15, -0.1) is 23.2 Å². The van der Waals surface area contributed by atoms with Gasteiger partial charge in [0.05, 0.1) is 0 Å². The molecule has 0 aromatic carbocycles. The first-order valence-electron chi connectivity index (χ1n) is 4.55. The molecular weight excluding hydrogens is 193 g/mol. The van der Waals surface area contributed by atoms with E-state index >= 15 is 0 Å². The van der Waals surface area contributed by atoms with E-state index in [1.165, 1.54) is 13.0 Å². The molecule has 1 aliphatic heterocycles. The molecule has 0 aromatic rings. The fraction of sp³-hybridized carbons (Fsp3) is 1.00. The minimum Gasteiger partial charge on any atom is -0.298 e. The standard InChI is InChI=1S/C9H15Cl2N/c1-8(2)3-4-12(8)6-7-5-9(7,10)11/h7H,3-6H2,1-2H3. The highest BCUT2D eigenvalue weighted by Crippen LogP contribution is 2.54.